The van der Waals surface area contributed by atoms with Crippen molar-refractivity contribution in [3.05, 3.63) is 147 Å². The van der Waals surface area contributed by atoms with Crippen LogP contribution in [-0.4, -0.2) is 84.7 Å². The maximum absolute atomic E-state index is 13.6. The second kappa shape index (κ2) is 14.1. The van der Waals surface area contributed by atoms with Gasteiger partial charge in [0, 0.05) is 22.5 Å². The SMILES string of the molecule is O=C(Nc1ccc(C(=O)O)c(C(=O)O)c1)c1ccc2c(c1)C(=O)N(c1cccc(N3C(=O)c4ccc(C(=O)Nc5ccc(C(=O)O)c(C(=O)O)c5)cc4C3=O)n1)C2=O. The number of carbonyl (C=O) groups is 10. The lowest BCUT2D eigenvalue weighted by molar-refractivity contribution is 0.0651. The standard InChI is InChI=1S/C39H21N5O14/c45-30(40-18-6-10-22(36(51)52)26(14-18)38(55)56)16-4-8-20-24(12-16)34(49)43(32(20)47)28-2-1-3-29(42-28)44-33(48)21-9-5-17(13-25(21)35(44)50)31(46)41-19-7-11-23(37(53)54)27(15-19)39(57)58/h1-15H,(H,40,45)(H,41,46)(H,51,52)(H,53,54)(H,55,56)(H,57,58). The van der Waals surface area contributed by atoms with E-state index in [9.17, 15) is 68.4 Å². The molecule has 19 heteroatoms. The molecule has 2 aliphatic rings. The molecule has 1 aromatic heterocycles. The summed E-state index contributed by atoms with van der Waals surface area (Å²) in [5.41, 5.74) is -3.19. The van der Waals surface area contributed by atoms with Crippen molar-refractivity contribution in [1.29, 1.82) is 0 Å². The summed E-state index contributed by atoms with van der Waals surface area (Å²) in [6.07, 6.45) is 0. The van der Waals surface area contributed by atoms with Gasteiger partial charge in [0.05, 0.1) is 44.5 Å². The highest BCUT2D eigenvalue weighted by molar-refractivity contribution is 6.36. The highest BCUT2D eigenvalue weighted by atomic mass is 16.4. The number of carboxylic acids is 4. The second-order valence-corrected chi connectivity index (χ2v) is 12.4. The van der Waals surface area contributed by atoms with Crippen LogP contribution in [0.15, 0.2) is 91.0 Å². The molecule has 6 N–H and O–H groups in total. The van der Waals surface area contributed by atoms with Crippen molar-refractivity contribution in [3.63, 3.8) is 0 Å². The molecule has 5 aromatic rings. The van der Waals surface area contributed by atoms with Crippen molar-refractivity contribution in [1.82, 2.24) is 4.98 Å². The first-order valence-corrected chi connectivity index (χ1v) is 16.4. The number of pyridine rings is 1. The van der Waals surface area contributed by atoms with Crippen LogP contribution < -0.4 is 20.4 Å². The lowest BCUT2D eigenvalue weighted by Gasteiger charge is -2.17. The minimum absolute atomic E-state index is 0.0634. The molecule has 6 amide bonds. The lowest BCUT2D eigenvalue weighted by atomic mass is 10.0. The first-order chi connectivity index (χ1) is 27.5. The summed E-state index contributed by atoms with van der Waals surface area (Å²) in [7, 11) is 0. The molecule has 0 aliphatic carbocycles. The third-order valence-electron chi connectivity index (χ3n) is 8.95. The van der Waals surface area contributed by atoms with Crippen LogP contribution in [0.3, 0.4) is 0 Å². The Bertz CT molecular complexity index is 2610. The van der Waals surface area contributed by atoms with Gasteiger partial charge < -0.3 is 31.1 Å². The predicted octanol–water partition coefficient (Wildman–Crippen LogP) is 3.98. The third-order valence-corrected chi connectivity index (χ3v) is 8.95. The summed E-state index contributed by atoms with van der Waals surface area (Å²) in [4.78, 5) is 132. The van der Waals surface area contributed by atoms with Gasteiger partial charge in [0.15, 0.2) is 0 Å². The van der Waals surface area contributed by atoms with Crippen LogP contribution >= 0.6 is 0 Å². The minimum atomic E-state index is -1.55. The summed E-state index contributed by atoms with van der Waals surface area (Å²) in [6, 6.07) is 17.2. The molecule has 58 heavy (non-hydrogen) atoms. The minimum Gasteiger partial charge on any atom is -0.478 e. The quantitative estimate of drug-likeness (QED) is 0.109. The summed E-state index contributed by atoms with van der Waals surface area (Å²) in [6.45, 7) is 0. The number of carbonyl (C=O) groups excluding carboxylic acids is 6. The normalized spacial score (nSPS) is 12.9. The van der Waals surface area contributed by atoms with E-state index in [0.717, 1.165) is 36.4 Å². The van der Waals surface area contributed by atoms with E-state index in [1.165, 1.54) is 54.6 Å². The maximum Gasteiger partial charge on any atom is 0.336 e. The van der Waals surface area contributed by atoms with E-state index in [4.69, 9.17) is 0 Å². The van der Waals surface area contributed by atoms with Gasteiger partial charge in [-0.2, -0.15) is 0 Å². The van der Waals surface area contributed by atoms with Crippen LogP contribution in [0.2, 0.25) is 0 Å². The first-order valence-electron chi connectivity index (χ1n) is 16.4. The number of carboxylic acid groups (broad SMARTS) is 4. The van der Waals surface area contributed by atoms with Crippen LogP contribution in [0.4, 0.5) is 23.0 Å². The van der Waals surface area contributed by atoms with E-state index in [1.807, 2.05) is 0 Å². The number of aromatic carboxylic acids is 4. The average molecular weight is 784 g/mol. The Balaban J connectivity index is 1.10. The number of imide groups is 2. The van der Waals surface area contributed by atoms with Crippen molar-refractivity contribution in [2.45, 2.75) is 0 Å². The Labute approximate surface area is 322 Å². The number of rotatable bonds is 10. The molecule has 4 aromatic carbocycles. The Morgan fingerprint density at radius 2 is 0.793 bits per heavy atom. The number of benzene rings is 4. The molecule has 0 spiro atoms. The molecule has 286 valence electrons. The van der Waals surface area contributed by atoms with E-state index < -0.39 is 81.6 Å². The predicted molar refractivity (Wildman–Crippen MR) is 196 cm³/mol. The van der Waals surface area contributed by atoms with Gasteiger partial charge in [-0.15, -0.1) is 0 Å². The van der Waals surface area contributed by atoms with E-state index in [2.05, 4.69) is 15.6 Å². The zero-order chi connectivity index (χ0) is 41.7. The molecular formula is C39H21N5O14. The highest BCUT2D eigenvalue weighted by Gasteiger charge is 2.41. The molecule has 2 aliphatic heterocycles. The number of amides is 6. The number of aromatic nitrogens is 1. The molecule has 0 saturated heterocycles. The smallest absolute Gasteiger partial charge is 0.336 e. The van der Waals surface area contributed by atoms with Crippen LogP contribution in [-0.2, 0) is 0 Å². The van der Waals surface area contributed by atoms with Gasteiger partial charge in [0.1, 0.15) is 11.6 Å². The molecule has 0 saturated carbocycles. The number of fused-ring (bicyclic) bond motifs is 2. The molecule has 0 bridgehead atoms. The van der Waals surface area contributed by atoms with Crippen LogP contribution in [0, 0.1) is 0 Å². The summed E-state index contributed by atoms with van der Waals surface area (Å²) >= 11 is 0. The second-order valence-electron chi connectivity index (χ2n) is 12.4. The van der Waals surface area contributed by atoms with Crippen LogP contribution in [0.25, 0.3) is 0 Å². The van der Waals surface area contributed by atoms with E-state index >= 15 is 0 Å². The Morgan fingerprint density at radius 3 is 1.16 bits per heavy atom. The van der Waals surface area contributed by atoms with Crippen LogP contribution in [0.1, 0.15) is 104 Å². The van der Waals surface area contributed by atoms with Crippen molar-refractivity contribution in [3.8, 4) is 0 Å². The van der Waals surface area contributed by atoms with Gasteiger partial charge >= 0.3 is 23.9 Å². The molecule has 0 unspecified atom stereocenters. The van der Waals surface area contributed by atoms with Crippen molar-refractivity contribution >= 4 is 82.3 Å². The highest BCUT2D eigenvalue weighted by Crippen LogP contribution is 2.33. The first kappa shape index (κ1) is 37.4. The summed E-state index contributed by atoms with van der Waals surface area (Å²) < 4.78 is 0. The Morgan fingerprint density at radius 1 is 0.431 bits per heavy atom. The molecule has 0 fully saturated rings. The van der Waals surface area contributed by atoms with E-state index in [-0.39, 0.29) is 56.4 Å². The number of hydrogen-bond acceptors (Lipinski definition) is 11. The van der Waals surface area contributed by atoms with Crippen molar-refractivity contribution in [2.24, 2.45) is 0 Å². The summed E-state index contributed by atoms with van der Waals surface area (Å²) in [5, 5.41) is 42.1. The molecular weight excluding hydrogens is 762 g/mol. The topological polar surface area (TPSA) is 295 Å². The van der Waals surface area contributed by atoms with Gasteiger partial charge in [0.2, 0.25) is 0 Å². The molecule has 19 nitrogen and oxygen atoms in total. The monoisotopic (exact) mass is 783 g/mol. The zero-order valence-electron chi connectivity index (χ0n) is 28.9. The number of anilines is 4. The fourth-order valence-corrected chi connectivity index (χ4v) is 6.22. The summed E-state index contributed by atoms with van der Waals surface area (Å²) in [5.74, 6) is -11.8. The molecule has 3 heterocycles. The Hall–Kier alpha value is -8.87. The largest absolute Gasteiger partial charge is 0.478 e. The fourth-order valence-electron chi connectivity index (χ4n) is 6.22. The van der Waals surface area contributed by atoms with E-state index in [1.54, 1.807) is 0 Å². The van der Waals surface area contributed by atoms with E-state index in [0.29, 0.717) is 9.80 Å². The molecule has 0 atom stereocenters. The number of nitrogens with zero attached hydrogens (tertiary/aromatic N) is 3. The zero-order valence-corrected chi connectivity index (χ0v) is 28.9. The number of nitrogens with one attached hydrogen (secondary N) is 2. The lowest BCUT2D eigenvalue weighted by Crippen LogP contribution is -2.33. The maximum atomic E-state index is 13.6. The average Bonchev–Trinajstić information content (AvgIpc) is 3.60. The van der Waals surface area contributed by atoms with Gasteiger partial charge in [-0.05, 0) is 84.9 Å². The van der Waals surface area contributed by atoms with Gasteiger partial charge in [-0.25, -0.2) is 34.0 Å². The third kappa shape index (κ3) is 6.41. The molecule has 7 rings (SSSR count). The van der Waals surface area contributed by atoms with Gasteiger partial charge in [-0.3, -0.25) is 28.8 Å². The Kier molecular flexibility index (Phi) is 9.09. The fraction of sp³-hybridized carbons (Fsp3) is 0. The van der Waals surface area contributed by atoms with Crippen molar-refractivity contribution < 1.29 is 68.4 Å². The van der Waals surface area contributed by atoms with Gasteiger partial charge in [-0.1, -0.05) is 6.07 Å². The van der Waals surface area contributed by atoms with Crippen LogP contribution in [0.5, 0.6) is 0 Å². The molecule has 0 radical (unpaired) electrons. The van der Waals surface area contributed by atoms with Crippen molar-refractivity contribution in [2.75, 3.05) is 20.4 Å². The van der Waals surface area contributed by atoms with Gasteiger partial charge in [0.25, 0.3) is 35.4 Å². The number of hydrogen-bond donors (Lipinski definition) is 6.